The number of rotatable bonds is 7. The zero-order valence-corrected chi connectivity index (χ0v) is 20.2. The highest BCUT2D eigenvalue weighted by molar-refractivity contribution is 5.89. The Morgan fingerprint density at radius 3 is 2.41 bits per heavy atom. The SMILES string of the molecule is COC(=O)c1ccc(-n2nnc(-c3ccc(F)cc3)c2-c2ccnc(NC(C)c3ccccc3)n2)cc1. The fourth-order valence-corrected chi connectivity index (χ4v) is 3.93. The molecule has 3 aromatic carbocycles. The maximum Gasteiger partial charge on any atom is 0.337 e. The van der Waals surface area contributed by atoms with Gasteiger partial charge in [-0.15, -0.1) is 5.10 Å². The van der Waals surface area contributed by atoms with Gasteiger partial charge in [-0.3, -0.25) is 0 Å². The lowest BCUT2D eigenvalue weighted by Crippen LogP contribution is -2.10. The van der Waals surface area contributed by atoms with Gasteiger partial charge in [0.1, 0.15) is 17.2 Å². The molecule has 2 heterocycles. The molecule has 1 atom stereocenters. The van der Waals surface area contributed by atoms with Crippen molar-refractivity contribution in [2.45, 2.75) is 13.0 Å². The standard InChI is InChI=1S/C28H23FN6O2/c1-18(19-6-4-3-5-7-19)31-28-30-17-16-24(32-28)26-25(20-8-12-22(29)13-9-20)33-34-35(26)23-14-10-21(11-15-23)27(36)37-2/h3-18H,1-2H3,(H,30,31,32). The van der Waals surface area contributed by atoms with Gasteiger partial charge in [0, 0.05) is 11.8 Å². The van der Waals surface area contributed by atoms with E-state index in [1.165, 1.54) is 19.2 Å². The van der Waals surface area contributed by atoms with Gasteiger partial charge in [-0.1, -0.05) is 35.5 Å². The van der Waals surface area contributed by atoms with Gasteiger partial charge in [-0.05, 0) is 67.1 Å². The van der Waals surface area contributed by atoms with Crippen molar-refractivity contribution in [3.63, 3.8) is 0 Å². The number of hydrogen-bond donors (Lipinski definition) is 1. The highest BCUT2D eigenvalue weighted by Crippen LogP contribution is 2.32. The molecule has 1 unspecified atom stereocenters. The highest BCUT2D eigenvalue weighted by atomic mass is 19.1. The van der Waals surface area contributed by atoms with Gasteiger partial charge < -0.3 is 10.1 Å². The van der Waals surface area contributed by atoms with E-state index in [-0.39, 0.29) is 11.9 Å². The second kappa shape index (κ2) is 10.4. The minimum absolute atomic E-state index is 0.0260. The fraction of sp³-hybridized carbons (Fsp3) is 0.107. The number of carbonyl (C=O) groups excluding carboxylic acids is 1. The van der Waals surface area contributed by atoms with Crippen LogP contribution in [-0.2, 0) is 4.74 Å². The zero-order chi connectivity index (χ0) is 25.8. The number of halogens is 1. The van der Waals surface area contributed by atoms with Crippen molar-refractivity contribution in [3.05, 3.63) is 108 Å². The summed E-state index contributed by atoms with van der Waals surface area (Å²) in [6, 6.07) is 24.6. The average molecular weight is 495 g/mol. The molecule has 8 nitrogen and oxygen atoms in total. The zero-order valence-electron chi connectivity index (χ0n) is 20.2. The van der Waals surface area contributed by atoms with E-state index in [4.69, 9.17) is 9.72 Å². The third-order valence-electron chi connectivity index (χ3n) is 5.86. The monoisotopic (exact) mass is 494 g/mol. The lowest BCUT2D eigenvalue weighted by Gasteiger charge is -2.15. The lowest BCUT2D eigenvalue weighted by atomic mass is 10.1. The number of aromatic nitrogens is 5. The first kappa shape index (κ1) is 23.8. The van der Waals surface area contributed by atoms with Crippen molar-refractivity contribution >= 4 is 11.9 Å². The molecule has 0 amide bonds. The molecule has 0 bridgehead atoms. The van der Waals surface area contributed by atoms with Gasteiger partial charge in [0.05, 0.1) is 30.1 Å². The van der Waals surface area contributed by atoms with E-state index in [0.717, 1.165) is 5.56 Å². The van der Waals surface area contributed by atoms with Gasteiger partial charge >= 0.3 is 5.97 Å². The Bertz CT molecular complexity index is 1520. The summed E-state index contributed by atoms with van der Waals surface area (Å²) in [6.45, 7) is 2.03. The number of ether oxygens (including phenoxy) is 1. The molecule has 0 radical (unpaired) electrons. The minimum Gasteiger partial charge on any atom is -0.465 e. The van der Waals surface area contributed by atoms with E-state index in [1.807, 2.05) is 37.3 Å². The van der Waals surface area contributed by atoms with Gasteiger partial charge in [0.2, 0.25) is 5.95 Å². The number of esters is 1. The first-order valence-corrected chi connectivity index (χ1v) is 11.6. The molecular formula is C28H23FN6O2. The second-order valence-corrected chi connectivity index (χ2v) is 8.29. The smallest absolute Gasteiger partial charge is 0.337 e. The summed E-state index contributed by atoms with van der Waals surface area (Å²) in [5.41, 5.74) is 4.54. The molecule has 9 heteroatoms. The average Bonchev–Trinajstić information content (AvgIpc) is 3.39. The number of anilines is 1. The summed E-state index contributed by atoms with van der Waals surface area (Å²) in [5.74, 6) is -0.344. The summed E-state index contributed by atoms with van der Waals surface area (Å²) in [4.78, 5) is 21.0. The van der Waals surface area contributed by atoms with Crippen LogP contribution in [0.1, 0.15) is 28.9 Å². The Labute approximate surface area is 212 Å². The number of nitrogens with zero attached hydrogens (tertiary/aromatic N) is 5. The molecule has 5 rings (SSSR count). The third kappa shape index (κ3) is 5.06. The number of methoxy groups -OCH3 is 1. The Kier molecular flexibility index (Phi) is 6.67. The van der Waals surface area contributed by atoms with E-state index in [1.54, 1.807) is 53.3 Å². The van der Waals surface area contributed by atoms with E-state index in [0.29, 0.717) is 39.8 Å². The van der Waals surface area contributed by atoms with Crippen molar-refractivity contribution in [2.75, 3.05) is 12.4 Å². The van der Waals surface area contributed by atoms with Gasteiger partial charge in [-0.25, -0.2) is 23.8 Å². The van der Waals surface area contributed by atoms with Crippen molar-refractivity contribution in [1.29, 1.82) is 0 Å². The highest BCUT2D eigenvalue weighted by Gasteiger charge is 2.21. The van der Waals surface area contributed by atoms with Crippen LogP contribution >= 0.6 is 0 Å². The summed E-state index contributed by atoms with van der Waals surface area (Å²) >= 11 is 0. The Morgan fingerprint density at radius 1 is 0.973 bits per heavy atom. The van der Waals surface area contributed by atoms with Crippen LogP contribution in [0, 0.1) is 5.82 Å². The molecule has 37 heavy (non-hydrogen) atoms. The van der Waals surface area contributed by atoms with Crippen LogP contribution in [0.15, 0.2) is 91.1 Å². The van der Waals surface area contributed by atoms with Crippen molar-refractivity contribution in [1.82, 2.24) is 25.0 Å². The molecule has 0 saturated carbocycles. The van der Waals surface area contributed by atoms with Crippen LogP contribution in [0.25, 0.3) is 28.3 Å². The predicted molar refractivity (Wildman–Crippen MR) is 138 cm³/mol. The maximum atomic E-state index is 13.6. The van der Waals surface area contributed by atoms with Gasteiger partial charge in [0.25, 0.3) is 0 Å². The largest absolute Gasteiger partial charge is 0.465 e. The van der Waals surface area contributed by atoms with E-state index in [9.17, 15) is 9.18 Å². The van der Waals surface area contributed by atoms with Crippen LogP contribution in [0.2, 0.25) is 0 Å². The molecule has 0 fully saturated rings. The minimum atomic E-state index is -0.434. The van der Waals surface area contributed by atoms with E-state index < -0.39 is 5.97 Å². The normalized spacial score (nSPS) is 11.6. The molecule has 184 valence electrons. The maximum absolute atomic E-state index is 13.6. The topological polar surface area (TPSA) is 94.8 Å². The molecular weight excluding hydrogens is 471 g/mol. The molecule has 2 aromatic heterocycles. The van der Waals surface area contributed by atoms with Crippen LogP contribution in [0.3, 0.4) is 0 Å². The van der Waals surface area contributed by atoms with Crippen LogP contribution in [0.4, 0.5) is 10.3 Å². The summed E-state index contributed by atoms with van der Waals surface area (Å²) in [5, 5.41) is 12.1. The number of carbonyl (C=O) groups is 1. The first-order chi connectivity index (χ1) is 18.0. The third-order valence-corrected chi connectivity index (χ3v) is 5.86. The molecule has 0 spiro atoms. The van der Waals surface area contributed by atoms with Gasteiger partial charge in [-0.2, -0.15) is 0 Å². The Balaban J connectivity index is 1.58. The molecule has 0 aliphatic carbocycles. The molecule has 0 aliphatic heterocycles. The second-order valence-electron chi connectivity index (χ2n) is 8.29. The van der Waals surface area contributed by atoms with Crippen molar-refractivity contribution in [2.24, 2.45) is 0 Å². The summed E-state index contributed by atoms with van der Waals surface area (Å²) < 4.78 is 20.1. The van der Waals surface area contributed by atoms with Crippen LogP contribution in [0.5, 0.6) is 0 Å². The van der Waals surface area contributed by atoms with Crippen molar-refractivity contribution in [3.8, 4) is 28.3 Å². The Hall–Kier alpha value is -4.92. The van der Waals surface area contributed by atoms with Gasteiger partial charge in [0.15, 0.2) is 0 Å². The van der Waals surface area contributed by atoms with Crippen molar-refractivity contribution < 1.29 is 13.9 Å². The molecule has 0 saturated heterocycles. The summed E-state index contributed by atoms with van der Waals surface area (Å²) in [6.07, 6.45) is 1.66. The molecule has 0 aliphatic rings. The summed E-state index contributed by atoms with van der Waals surface area (Å²) in [7, 11) is 1.33. The first-order valence-electron chi connectivity index (χ1n) is 11.6. The predicted octanol–water partition coefficient (Wildman–Crippen LogP) is 5.49. The lowest BCUT2D eigenvalue weighted by molar-refractivity contribution is 0.0600. The number of nitrogens with one attached hydrogen (secondary N) is 1. The fourth-order valence-electron chi connectivity index (χ4n) is 3.93. The Morgan fingerprint density at radius 2 is 1.70 bits per heavy atom. The van der Waals surface area contributed by atoms with Crippen LogP contribution < -0.4 is 5.32 Å². The molecule has 5 aromatic rings. The van der Waals surface area contributed by atoms with Crippen LogP contribution in [-0.4, -0.2) is 38.0 Å². The number of hydrogen-bond acceptors (Lipinski definition) is 7. The van der Waals surface area contributed by atoms with E-state index in [2.05, 4.69) is 20.6 Å². The molecule has 1 N–H and O–H groups in total. The van der Waals surface area contributed by atoms with E-state index >= 15 is 0 Å². The number of benzene rings is 3. The quantitative estimate of drug-likeness (QED) is 0.299.